The highest BCUT2D eigenvalue weighted by Gasteiger charge is 2.03. The van der Waals surface area contributed by atoms with E-state index >= 15 is 0 Å². The van der Waals surface area contributed by atoms with Gasteiger partial charge in [0.05, 0.1) is 25.9 Å². The van der Waals surface area contributed by atoms with Crippen LogP contribution in [-0.2, 0) is 9.47 Å². The van der Waals surface area contributed by atoms with Gasteiger partial charge in [-0.25, -0.2) is 0 Å². The molecule has 1 unspecified atom stereocenters. The van der Waals surface area contributed by atoms with Crippen molar-refractivity contribution in [2.75, 3.05) is 45.0 Å². The van der Waals surface area contributed by atoms with Crippen LogP contribution in [0.4, 0.5) is 5.69 Å². The number of thioether (sulfide) groups is 1. The number of rotatable bonds is 9. The van der Waals surface area contributed by atoms with E-state index in [4.69, 9.17) is 9.47 Å². The number of benzene rings is 1. The molecule has 18 heavy (non-hydrogen) atoms. The highest BCUT2D eigenvalue weighted by atomic mass is 32.2. The minimum atomic E-state index is -0.512. The maximum Gasteiger partial charge on any atom is 0.0945 e. The Labute approximate surface area is 113 Å². The van der Waals surface area contributed by atoms with Crippen molar-refractivity contribution in [1.29, 1.82) is 0 Å². The Hall–Kier alpha value is -0.750. The first-order valence-corrected chi connectivity index (χ1v) is 7.11. The van der Waals surface area contributed by atoms with Gasteiger partial charge >= 0.3 is 0 Å². The Morgan fingerprint density at radius 3 is 2.61 bits per heavy atom. The van der Waals surface area contributed by atoms with Gasteiger partial charge in [0.2, 0.25) is 0 Å². The van der Waals surface area contributed by atoms with E-state index in [2.05, 4.69) is 17.4 Å². The number of aliphatic hydroxyl groups is 1. The van der Waals surface area contributed by atoms with Crippen LogP contribution in [0.3, 0.4) is 0 Å². The van der Waals surface area contributed by atoms with Gasteiger partial charge < -0.3 is 19.9 Å². The molecule has 0 amide bonds. The lowest BCUT2D eigenvalue weighted by Crippen LogP contribution is -2.25. The fourth-order valence-electron chi connectivity index (χ4n) is 1.37. The molecule has 0 radical (unpaired) electrons. The number of methoxy groups -OCH3 is 1. The summed E-state index contributed by atoms with van der Waals surface area (Å²) in [5.74, 6) is 0. The van der Waals surface area contributed by atoms with E-state index in [1.165, 1.54) is 4.90 Å². The van der Waals surface area contributed by atoms with Crippen LogP contribution in [0.5, 0.6) is 0 Å². The Kier molecular flexibility index (Phi) is 7.84. The van der Waals surface area contributed by atoms with Gasteiger partial charge in [-0.1, -0.05) is 0 Å². The fourth-order valence-corrected chi connectivity index (χ4v) is 1.77. The van der Waals surface area contributed by atoms with E-state index in [-0.39, 0.29) is 0 Å². The van der Waals surface area contributed by atoms with Crippen molar-refractivity contribution in [3.8, 4) is 0 Å². The first-order valence-electron chi connectivity index (χ1n) is 5.89. The second-order valence-electron chi connectivity index (χ2n) is 3.83. The number of anilines is 1. The summed E-state index contributed by atoms with van der Waals surface area (Å²) in [5.41, 5.74) is 1.00. The third-order valence-corrected chi connectivity index (χ3v) is 3.12. The molecule has 1 rings (SSSR count). The second kappa shape index (κ2) is 9.22. The molecule has 5 heteroatoms. The number of hydrogen-bond acceptors (Lipinski definition) is 5. The molecular weight excluding hydrogens is 250 g/mol. The maximum atomic E-state index is 9.68. The monoisotopic (exact) mass is 271 g/mol. The molecule has 0 saturated carbocycles. The van der Waals surface area contributed by atoms with Gasteiger partial charge in [-0.15, -0.1) is 11.8 Å². The van der Waals surface area contributed by atoms with Crippen LogP contribution in [0, 0.1) is 0 Å². The van der Waals surface area contributed by atoms with E-state index < -0.39 is 6.10 Å². The van der Waals surface area contributed by atoms with Crippen LogP contribution in [-0.4, -0.2) is 50.9 Å². The summed E-state index contributed by atoms with van der Waals surface area (Å²) >= 11 is 1.71. The zero-order valence-corrected chi connectivity index (χ0v) is 11.7. The van der Waals surface area contributed by atoms with Gasteiger partial charge in [0.25, 0.3) is 0 Å². The van der Waals surface area contributed by atoms with Gasteiger partial charge in [0.1, 0.15) is 0 Å². The average molecular weight is 271 g/mol. The molecule has 0 fully saturated rings. The number of hydrogen-bond donors (Lipinski definition) is 2. The Morgan fingerprint density at radius 1 is 1.28 bits per heavy atom. The zero-order chi connectivity index (χ0) is 13.2. The zero-order valence-electron chi connectivity index (χ0n) is 10.9. The van der Waals surface area contributed by atoms with Crippen molar-refractivity contribution in [2.24, 2.45) is 0 Å². The Balaban J connectivity index is 2.18. The highest BCUT2D eigenvalue weighted by molar-refractivity contribution is 7.98. The van der Waals surface area contributed by atoms with Crippen LogP contribution in [0.1, 0.15) is 0 Å². The molecular formula is C13H21NO3S. The van der Waals surface area contributed by atoms with Gasteiger partial charge in [-0.05, 0) is 30.5 Å². The predicted molar refractivity (Wildman–Crippen MR) is 75.4 cm³/mol. The first-order chi connectivity index (χ1) is 8.76. The van der Waals surface area contributed by atoms with Gasteiger partial charge in [-0.3, -0.25) is 0 Å². The lowest BCUT2D eigenvalue weighted by molar-refractivity contribution is 0.0182. The van der Waals surface area contributed by atoms with Crippen LogP contribution < -0.4 is 5.32 Å². The van der Waals surface area contributed by atoms with E-state index in [0.29, 0.717) is 26.4 Å². The third-order valence-electron chi connectivity index (χ3n) is 2.37. The quantitative estimate of drug-likeness (QED) is 0.530. The fraction of sp³-hybridized carbons (Fsp3) is 0.538. The van der Waals surface area contributed by atoms with E-state index in [1.54, 1.807) is 18.9 Å². The molecule has 0 aliphatic rings. The van der Waals surface area contributed by atoms with Crippen molar-refractivity contribution < 1.29 is 14.6 Å². The van der Waals surface area contributed by atoms with Crippen molar-refractivity contribution in [3.05, 3.63) is 24.3 Å². The van der Waals surface area contributed by atoms with E-state index in [0.717, 1.165) is 5.69 Å². The van der Waals surface area contributed by atoms with E-state index in [1.807, 2.05) is 18.4 Å². The SMILES string of the molecule is COCCOCC(O)CNc1ccc(SC)cc1. The largest absolute Gasteiger partial charge is 0.389 e. The number of ether oxygens (including phenoxy) is 2. The minimum absolute atomic E-state index is 0.319. The second-order valence-corrected chi connectivity index (χ2v) is 4.71. The van der Waals surface area contributed by atoms with E-state index in [9.17, 15) is 5.11 Å². The van der Waals surface area contributed by atoms with Crippen LogP contribution >= 0.6 is 11.8 Å². The first kappa shape index (κ1) is 15.3. The molecule has 0 aromatic heterocycles. The van der Waals surface area contributed by atoms with Crippen molar-refractivity contribution >= 4 is 17.4 Å². The van der Waals surface area contributed by atoms with Gasteiger partial charge in [-0.2, -0.15) is 0 Å². The highest BCUT2D eigenvalue weighted by Crippen LogP contribution is 2.17. The summed E-state index contributed by atoms with van der Waals surface area (Å²) in [4.78, 5) is 1.23. The molecule has 1 atom stereocenters. The molecule has 1 aromatic carbocycles. The van der Waals surface area contributed by atoms with Crippen molar-refractivity contribution in [3.63, 3.8) is 0 Å². The molecule has 0 aliphatic carbocycles. The van der Waals surface area contributed by atoms with Crippen LogP contribution in [0.15, 0.2) is 29.2 Å². The predicted octanol–water partition coefficient (Wildman–Crippen LogP) is 1.84. The van der Waals surface area contributed by atoms with Crippen molar-refractivity contribution in [1.82, 2.24) is 0 Å². The Morgan fingerprint density at radius 2 is 2.00 bits per heavy atom. The van der Waals surface area contributed by atoms with Crippen LogP contribution in [0.25, 0.3) is 0 Å². The summed E-state index contributed by atoms with van der Waals surface area (Å²) < 4.78 is 10.1. The molecule has 0 saturated heterocycles. The molecule has 2 N–H and O–H groups in total. The molecule has 4 nitrogen and oxygen atoms in total. The van der Waals surface area contributed by atoms with Crippen LogP contribution in [0.2, 0.25) is 0 Å². The molecule has 0 bridgehead atoms. The summed E-state index contributed by atoms with van der Waals surface area (Å²) in [5, 5.41) is 12.8. The normalized spacial score (nSPS) is 12.4. The molecule has 1 aromatic rings. The summed E-state index contributed by atoms with van der Waals surface area (Å²) in [7, 11) is 1.62. The van der Waals surface area contributed by atoms with Gasteiger partial charge in [0, 0.05) is 24.2 Å². The third kappa shape index (κ3) is 6.26. The average Bonchev–Trinajstić information content (AvgIpc) is 2.42. The molecule has 0 aliphatic heterocycles. The lowest BCUT2D eigenvalue weighted by Gasteiger charge is -2.13. The van der Waals surface area contributed by atoms with Crippen molar-refractivity contribution in [2.45, 2.75) is 11.0 Å². The lowest BCUT2D eigenvalue weighted by atomic mass is 10.3. The molecule has 0 spiro atoms. The minimum Gasteiger partial charge on any atom is -0.389 e. The maximum absolute atomic E-state index is 9.68. The summed E-state index contributed by atoms with van der Waals surface area (Å²) in [6.45, 7) is 1.86. The Bertz CT molecular complexity index is 319. The molecule has 102 valence electrons. The topological polar surface area (TPSA) is 50.7 Å². The summed E-state index contributed by atoms with van der Waals surface area (Å²) in [6.07, 6.45) is 1.53. The number of nitrogens with one attached hydrogen (secondary N) is 1. The summed E-state index contributed by atoms with van der Waals surface area (Å²) in [6, 6.07) is 8.11. The number of aliphatic hydroxyl groups excluding tert-OH is 1. The van der Waals surface area contributed by atoms with Gasteiger partial charge in [0.15, 0.2) is 0 Å². The standard InChI is InChI=1S/C13H21NO3S/c1-16-7-8-17-10-12(15)9-14-11-3-5-13(18-2)6-4-11/h3-6,12,14-15H,7-10H2,1-2H3. The molecule has 0 heterocycles. The smallest absolute Gasteiger partial charge is 0.0945 e.